The molecule has 2 amide bonds. The number of benzene rings is 2. The molecule has 30 heavy (non-hydrogen) atoms. The van der Waals surface area contributed by atoms with Crippen LogP contribution in [-0.4, -0.2) is 44.5 Å². The predicted octanol–water partition coefficient (Wildman–Crippen LogP) is 3.35. The molecule has 1 aliphatic rings. The van der Waals surface area contributed by atoms with Crippen molar-refractivity contribution in [3.05, 3.63) is 59.9 Å². The second-order valence-corrected chi connectivity index (χ2v) is 6.74. The fourth-order valence-electron chi connectivity index (χ4n) is 2.86. The van der Waals surface area contributed by atoms with E-state index in [9.17, 15) is 14.0 Å². The summed E-state index contributed by atoms with van der Waals surface area (Å²) >= 11 is 3.62. The number of cyclic esters (lactones) is 1. The zero-order valence-electron chi connectivity index (χ0n) is 16.0. The van der Waals surface area contributed by atoms with E-state index >= 15 is 0 Å². The number of hydrogen-bond donors (Lipinski definition) is 3. The molecule has 1 aliphatic heterocycles. The highest BCUT2D eigenvalue weighted by Gasteiger charge is 2.33. The molecule has 1 atom stereocenters. The topological polar surface area (TPSA) is 89.1 Å². The largest absolute Gasteiger partial charge is 0.445 e. The molecule has 1 fully saturated rings. The average Bonchev–Trinajstić information content (AvgIpc) is 3.13. The van der Waals surface area contributed by atoms with Crippen LogP contribution in [0.15, 0.2) is 48.5 Å². The zero-order valence-corrected chi connectivity index (χ0v) is 16.9. The van der Waals surface area contributed by atoms with Crippen molar-refractivity contribution < 1.29 is 27.6 Å². The quantitative estimate of drug-likeness (QED) is 0.318. The summed E-state index contributed by atoms with van der Waals surface area (Å²) in [5.74, 6) is -0.509. The highest BCUT2D eigenvalue weighted by molar-refractivity contribution is 7.75. The maximum absolute atomic E-state index is 14.3. The van der Waals surface area contributed by atoms with E-state index in [1.54, 1.807) is 6.07 Å². The molecule has 0 aliphatic carbocycles. The lowest BCUT2D eigenvalue weighted by Gasteiger charge is -2.15. The Bertz CT molecular complexity index is 871. The number of ether oxygens (including phenoxy) is 2. The Hall–Kier alpha value is -2.98. The molecule has 160 valence electrons. The van der Waals surface area contributed by atoms with Crippen LogP contribution in [-0.2, 0) is 20.3 Å². The summed E-state index contributed by atoms with van der Waals surface area (Å²) in [6, 6.07) is 13.7. The number of nitrogens with one attached hydrogen (secondary N) is 2. The van der Waals surface area contributed by atoms with Gasteiger partial charge in [0.05, 0.1) is 31.1 Å². The second kappa shape index (κ2) is 10.7. The van der Waals surface area contributed by atoms with E-state index in [0.717, 1.165) is 5.56 Å². The number of halogens is 1. The first-order chi connectivity index (χ1) is 14.6. The van der Waals surface area contributed by atoms with E-state index in [1.165, 1.54) is 17.0 Å². The number of carbonyl (C=O) groups is 2. The van der Waals surface area contributed by atoms with Gasteiger partial charge in [-0.3, -0.25) is 4.90 Å². The number of carbonyl (C=O) groups excluding carboxylic acids is 2. The number of alkyl carbamates (subject to hydrolysis) is 1. The van der Waals surface area contributed by atoms with E-state index in [0.29, 0.717) is 18.8 Å². The maximum atomic E-state index is 14.3. The van der Waals surface area contributed by atoms with Crippen molar-refractivity contribution in [3.8, 4) is 0 Å². The molecule has 0 saturated carbocycles. The van der Waals surface area contributed by atoms with Crippen LogP contribution >= 0.6 is 12.9 Å². The Morgan fingerprint density at radius 2 is 2.07 bits per heavy atom. The first-order valence-electron chi connectivity index (χ1n) is 9.29. The summed E-state index contributed by atoms with van der Waals surface area (Å²) in [7, 11) is 0. The van der Waals surface area contributed by atoms with Crippen molar-refractivity contribution in [2.45, 2.75) is 12.7 Å². The molecule has 3 rings (SSSR count). The van der Waals surface area contributed by atoms with Gasteiger partial charge in [-0.2, -0.15) is 0 Å². The molecule has 0 spiro atoms. The lowest BCUT2D eigenvalue weighted by Crippen LogP contribution is -2.34. The van der Waals surface area contributed by atoms with Gasteiger partial charge in [0.15, 0.2) is 0 Å². The van der Waals surface area contributed by atoms with Gasteiger partial charge in [-0.05, 0) is 36.7 Å². The fourth-order valence-corrected chi connectivity index (χ4v) is 2.95. The zero-order chi connectivity index (χ0) is 21.3. The Kier molecular flexibility index (Phi) is 7.75. The number of thiol groups is 1. The average molecular weight is 435 g/mol. The molecule has 1 heterocycles. The summed E-state index contributed by atoms with van der Waals surface area (Å²) < 4.78 is 29.2. The summed E-state index contributed by atoms with van der Waals surface area (Å²) in [5.41, 5.74) is 1.52. The highest BCUT2D eigenvalue weighted by atomic mass is 32.1. The van der Waals surface area contributed by atoms with Gasteiger partial charge in [-0.25, -0.2) is 14.0 Å². The minimum Gasteiger partial charge on any atom is -0.445 e. The summed E-state index contributed by atoms with van der Waals surface area (Å²) in [6.45, 7) is 1.10. The molecule has 1 saturated heterocycles. The number of amides is 2. The SMILES string of the molecule is O=C(NC[C@H]1CN(c2ccc(NCCOS)c(F)c2)C(=O)O1)OCc1ccccc1. The van der Waals surface area contributed by atoms with Gasteiger partial charge in [0.1, 0.15) is 18.5 Å². The molecule has 0 unspecified atom stereocenters. The predicted molar refractivity (Wildman–Crippen MR) is 112 cm³/mol. The number of hydrogen-bond acceptors (Lipinski definition) is 7. The normalized spacial score (nSPS) is 15.6. The van der Waals surface area contributed by atoms with Gasteiger partial charge in [0.2, 0.25) is 0 Å². The number of nitrogens with zero attached hydrogens (tertiary/aromatic N) is 1. The van der Waals surface area contributed by atoms with Gasteiger partial charge in [-0.1, -0.05) is 30.3 Å². The molecular formula is C20H22FN3O5S. The van der Waals surface area contributed by atoms with Crippen LogP contribution in [0.4, 0.5) is 25.4 Å². The Morgan fingerprint density at radius 3 is 2.80 bits per heavy atom. The van der Waals surface area contributed by atoms with Crippen molar-refractivity contribution in [2.24, 2.45) is 0 Å². The van der Waals surface area contributed by atoms with Crippen molar-refractivity contribution in [1.82, 2.24) is 5.32 Å². The van der Waals surface area contributed by atoms with Crippen LogP contribution in [0.1, 0.15) is 5.56 Å². The molecular weight excluding hydrogens is 413 g/mol. The van der Waals surface area contributed by atoms with Gasteiger partial charge in [0, 0.05) is 6.54 Å². The molecule has 2 aromatic rings. The van der Waals surface area contributed by atoms with E-state index < -0.39 is 24.1 Å². The van der Waals surface area contributed by atoms with E-state index in [1.807, 2.05) is 30.3 Å². The highest BCUT2D eigenvalue weighted by Crippen LogP contribution is 2.25. The van der Waals surface area contributed by atoms with Crippen LogP contribution in [0.25, 0.3) is 0 Å². The molecule has 2 aromatic carbocycles. The van der Waals surface area contributed by atoms with Crippen LogP contribution in [0.5, 0.6) is 0 Å². The third-order valence-corrected chi connectivity index (χ3v) is 4.52. The molecule has 0 bridgehead atoms. The standard InChI is InChI=1S/C20H22FN3O5S/c21-17-10-15(6-7-18(17)22-8-9-28-30)24-12-16(29-20(24)26)11-23-19(25)27-13-14-4-2-1-3-5-14/h1-7,10,16,22,30H,8-9,11-13H2,(H,23,25)/t16-/m0/s1. The third kappa shape index (κ3) is 6.01. The number of rotatable bonds is 9. The van der Waals surface area contributed by atoms with Crippen molar-refractivity contribution >= 4 is 36.5 Å². The van der Waals surface area contributed by atoms with E-state index in [-0.39, 0.29) is 25.4 Å². The summed E-state index contributed by atoms with van der Waals surface area (Å²) in [6.07, 6.45) is -1.79. The van der Waals surface area contributed by atoms with Crippen molar-refractivity contribution in [3.63, 3.8) is 0 Å². The molecule has 0 aromatic heterocycles. The summed E-state index contributed by atoms with van der Waals surface area (Å²) in [4.78, 5) is 25.3. The Morgan fingerprint density at radius 1 is 1.27 bits per heavy atom. The minimum atomic E-state index is -0.611. The van der Waals surface area contributed by atoms with Gasteiger partial charge < -0.3 is 24.3 Å². The van der Waals surface area contributed by atoms with Crippen LogP contribution < -0.4 is 15.5 Å². The minimum absolute atomic E-state index is 0.0850. The lowest BCUT2D eigenvalue weighted by atomic mass is 10.2. The van der Waals surface area contributed by atoms with Crippen LogP contribution in [0, 0.1) is 5.82 Å². The Labute approximate surface area is 178 Å². The first kappa shape index (κ1) is 21.7. The Balaban J connectivity index is 1.47. The van der Waals surface area contributed by atoms with Crippen molar-refractivity contribution in [1.29, 1.82) is 0 Å². The molecule has 2 N–H and O–H groups in total. The fraction of sp³-hybridized carbons (Fsp3) is 0.300. The van der Waals surface area contributed by atoms with Gasteiger partial charge in [-0.15, -0.1) is 0 Å². The smallest absolute Gasteiger partial charge is 0.414 e. The van der Waals surface area contributed by atoms with Crippen LogP contribution in [0.3, 0.4) is 0 Å². The monoisotopic (exact) mass is 435 g/mol. The first-order valence-corrected chi connectivity index (χ1v) is 9.66. The molecule has 8 nitrogen and oxygen atoms in total. The molecule has 10 heteroatoms. The van der Waals surface area contributed by atoms with Gasteiger partial charge in [0.25, 0.3) is 0 Å². The number of anilines is 2. The van der Waals surface area contributed by atoms with Gasteiger partial charge >= 0.3 is 12.2 Å². The van der Waals surface area contributed by atoms with Crippen LogP contribution in [0.2, 0.25) is 0 Å². The lowest BCUT2D eigenvalue weighted by molar-refractivity contribution is 0.121. The van der Waals surface area contributed by atoms with E-state index in [4.69, 9.17) is 9.47 Å². The third-order valence-electron chi connectivity index (χ3n) is 4.33. The second-order valence-electron chi connectivity index (χ2n) is 6.48. The molecule has 0 radical (unpaired) electrons. The van der Waals surface area contributed by atoms with Crippen molar-refractivity contribution in [2.75, 3.05) is 36.5 Å². The maximum Gasteiger partial charge on any atom is 0.414 e. The van der Waals surface area contributed by atoms with E-state index in [2.05, 4.69) is 27.7 Å². The summed E-state index contributed by atoms with van der Waals surface area (Å²) in [5, 5.41) is 5.43.